The largest absolute Gasteiger partial charge is 0.328 e. The lowest BCUT2D eigenvalue weighted by molar-refractivity contribution is 0.535. The zero-order valence-electron chi connectivity index (χ0n) is 7.95. The maximum absolute atomic E-state index is 5.88. The number of hydrogen-bond acceptors (Lipinski definition) is 1. The third-order valence-corrected chi connectivity index (χ3v) is 2.95. The highest BCUT2D eigenvalue weighted by Crippen LogP contribution is 2.27. The Morgan fingerprint density at radius 3 is 2.54 bits per heavy atom. The van der Waals surface area contributed by atoms with Crippen molar-refractivity contribution in [1.82, 2.24) is 0 Å². The van der Waals surface area contributed by atoms with E-state index < -0.39 is 0 Å². The number of nitrogens with two attached hydrogens (primary N) is 1. The van der Waals surface area contributed by atoms with Gasteiger partial charge in [-0.1, -0.05) is 30.3 Å². The van der Waals surface area contributed by atoms with Crippen LogP contribution >= 0.6 is 0 Å². The molecule has 0 amide bonds. The Labute approximate surface area is 80.0 Å². The molecule has 70 valence electrons. The fraction of sp³-hybridized carbons (Fsp3) is 0.500. The number of hydrogen-bond donors (Lipinski definition) is 1. The van der Waals surface area contributed by atoms with Gasteiger partial charge in [-0.2, -0.15) is 0 Å². The highest BCUT2D eigenvalue weighted by molar-refractivity contribution is 5.15. The van der Waals surface area contributed by atoms with E-state index >= 15 is 0 Å². The zero-order valence-corrected chi connectivity index (χ0v) is 7.95. The summed E-state index contributed by atoms with van der Waals surface area (Å²) in [6, 6.07) is 11.2. The molecule has 1 nitrogen and oxygen atoms in total. The summed E-state index contributed by atoms with van der Waals surface area (Å²) in [6.07, 6.45) is 4.97. The maximum atomic E-state index is 5.88. The Hall–Kier alpha value is -0.820. The first kappa shape index (κ1) is 8.76. The van der Waals surface area contributed by atoms with Crippen LogP contribution in [-0.2, 0) is 6.42 Å². The van der Waals surface area contributed by atoms with Crippen molar-refractivity contribution in [2.75, 3.05) is 0 Å². The van der Waals surface area contributed by atoms with E-state index in [1.165, 1.54) is 31.2 Å². The van der Waals surface area contributed by atoms with Crippen molar-refractivity contribution in [3.63, 3.8) is 0 Å². The Morgan fingerprint density at radius 1 is 1.15 bits per heavy atom. The molecule has 1 aliphatic carbocycles. The third-order valence-electron chi connectivity index (χ3n) is 2.95. The highest BCUT2D eigenvalue weighted by Gasteiger charge is 2.21. The molecule has 0 bridgehead atoms. The van der Waals surface area contributed by atoms with E-state index in [-0.39, 0.29) is 0 Å². The van der Waals surface area contributed by atoms with Crippen molar-refractivity contribution >= 4 is 0 Å². The first-order chi connectivity index (χ1) is 6.34. The SMILES string of the molecule is NC1CCC(Cc2ccccc2)C1. The van der Waals surface area contributed by atoms with Gasteiger partial charge in [0.1, 0.15) is 0 Å². The van der Waals surface area contributed by atoms with Crippen LogP contribution in [0.15, 0.2) is 30.3 Å². The molecule has 1 aliphatic rings. The van der Waals surface area contributed by atoms with E-state index in [1.54, 1.807) is 0 Å². The van der Waals surface area contributed by atoms with Crippen LogP contribution < -0.4 is 5.73 Å². The van der Waals surface area contributed by atoms with Crippen LogP contribution in [0.3, 0.4) is 0 Å². The van der Waals surface area contributed by atoms with Gasteiger partial charge in [-0.15, -0.1) is 0 Å². The summed E-state index contributed by atoms with van der Waals surface area (Å²) in [5, 5.41) is 0. The Kier molecular flexibility index (Phi) is 2.65. The van der Waals surface area contributed by atoms with Crippen molar-refractivity contribution < 1.29 is 0 Å². The van der Waals surface area contributed by atoms with Crippen molar-refractivity contribution in [3.05, 3.63) is 35.9 Å². The molecule has 1 aromatic carbocycles. The van der Waals surface area contributed by atoms with Crippen molar-refractivity contribution in [2.45, 2.75) is 31.7 Å². The average molecular weight is 175 g/mol. The smallest absolute Gasteiger partial charge is 0.00416 e. The topological polar surface area (TPSA) is 26.0 Å². The van der Waals surface area contributed by atoms with Crippen LogP contribution in [0, 0.1) is 5.92 Å². The van der Waals surface area contributed by atoms with E-state index in [1.807, 2.05) is 0 Å². The van der Waals surface area contributed by atoms with E-state index in [0.29, 0.717) is 6.04 Å². The molecule has 2 atom stereocenters. The van der Waals surface area contributed by atoms with Gasteiger partial charge in [0.15, 0.2) is 0 Å². The monoisotopic (exact) mass is 175 g/mol. The summed E-state index contributed by atoms with van der Waals surface area (Å²) in [4.78, 5) is 0. The fourth-order valence-electron chi connectivity index (χ4n) is 2.25. The first-order valence-corrected chi connectivity index (χ1v) is 5.14. The number of rotatable bonds is 2. The summed E-state index contributed by atoms with van der Waals surface area (Å²) in [7, 11) is 0. The lowest BCUT2D eigenvalue weighted by atomic mass is 9.98. The molecular formula is C12H17N. The van der Waals surface area contributed by atoms with Gasteiger partial charge in [-0.25, -0.2) is 0 Å². The minimum Gasteiger partial charge on any atom is -0.328 e. The van der Waals surface area contributed by atoms with Gasteiger partial charge in [0.05, 0.1) is 0 Å². The normalized spacial score (nSPS) is 27.8. The predicted molar refractivity (Wildman–Crippen MR) is 55.5 cm³/mol. The number of benzene rings is 1. The van der Waals surface area contributed by atoms with Crippen LogP contribution in [0.25, 0.3) is 0 Å². The molecule has 0 heterocycles. The van der Waals surface area contributed by atoms with Gasteiger partial charge in [0.2, 0.25) is 0 Å². The second kappa shape index (κ2) is 3.93. The van der Waals surface area contributed by atoms with Crippen molar-refractivity contribution in [2.24, 2.45) is 11.7 Å². The van der Waals surface area contributed by atoms with Crippen LogP contribution in [0.5, 0.6) is 0 Å². The zero-order chi connectivity index (χ0) is 9.10. The molecule has 1 aromatic rings. The predicted octanol–water partition coefficient (Wildman–Crippen LogP) is 2.36. The molecular weight excluding hydrogens is 158 g/mol. The average Bonchev–Trinajstić information content (AvgIpc) is 2.53. The summed E-state index contributed by atoms with van der Waals surface area (Å²) in [5.74, 6) is 0.831. The van der Waals surface area contributed by atoms with E-state index in [9.17, 15) is 0 Å². The Balaban J connectivity index is 1.92. The van der Waals surface area contributed by atoms with Gasteiger partial charge in [0.25, 0.3) is 0 Å². The molecule has 0 aliphatic heterocycles. The molecule has 0 saturated heterocycles. The van der Waals surface area contributed by atoms with E-state index in [4.69, 9.17) is 5.73 Å². The van der Waals surface area contributed by atoms with Crippen LogP contribution in [-0.4, -0.2) is 6.04 Å². The molecule has 0 spiro atoms. The van der Waals surface area contributed by atoms with Crippen LogP contribution in [0.1, 0.15) is 24.8 Å². The molecule has 1 fully saturated rings. The van der Waals surface area contributed by atoms with Gasteiger partial charge in [-0.05, 0) is 37.2 Å². The van der Waals surface area contributed by atoms with E-state index in [2.05, 4.69) is 30.3 Å². The summed E-state index contributed by atoms with van der Waals surface area (Å²) in [6.45, 7) is 0. The molecule has 1 heteroatoms. The molecule has 2 N–H and O–H groups in total. The standard InChI is InChI=1S/C12H17N/c13-12-7-6-11(9-12)8-10-4-2-1-3-5-10/h1-5,11-12H,6-9,13H2. The second-order valence-corrected chi connectivity index (χ2v) is 4.13. The van der Waals surface area contributed by atoms with Crippen LogP contribution in [0.4, 0.5) is 0 Å². The minimum atomic E-state index is 0.466. The second-order valence-electron chi connectivity index (χ2n) is 4.13. The lowest BCUT2D eigenvalue weighted by Gasteiger charge is -2.08. The summed E-state index contributed by atoms with van der Waals surface area (Å²) in [5.41, 5.74) is 7.34. The molecule has 2 unspecified atom stereocenters. The molecule has 0 aromatic heterocycles. The van der Waals surface area contributed by atoms with E-state index in [0.717, 1.165) is 5.92 Å². The first-order valence-electron chi connectivity index (χ1n) is 5.14. The molecule has 13 heavy (non-hydrogen) atoms. The Morgan fingerprint density at radius 2 is 1.92 bits per heavy atom. The fourth-order valence-corrected chi connectivity index (χ4v) is 2.25. The maximum Gasteiger partial charge on any atom is 0.00416 e. The van der Waals surface area contributed by atoms with Gasteiger partial charge < -0.3 is 5.73 Å². The molecule has 1 saturated carbocycles. The van der Waals surface area contributed by atoms with Crippen molar-refractivity contribution in [1.29, 1.82) is 0 Å². The van der Waals surface area contributed by atoms with Crippen LogP contribution in [0.2, 0.25) is 0 Å². The minimum absolute atomic E-state index is 0.466. The lowest BCUT2D eigenvalue weighted by Crippen LogP contribution is -2.15. The summed E-state index contributed by atoms with van der Waals surface area (Å²) < 4.78 is 0. The van der Waals surface area contributed by atoms with Crippen molar-refractivity contribution in [3.8, 4) is 0 Å². The Bertz CT molecular complexity index is 255. The summed E-state index contributed by atoms with van der Waals surface area (Å²) >= 11 is 0. The third kappa shape index (κ3) is 2.31. The van der Waals surface area contributed by atoms with Gasteiger partial charge >= 0.3 is 0 Å². The highest BCUT2D eigenvalue weighted by atomic mass is 14.6. The molecule has 0 radical (unpaired) electrons. The quantitative estimate of drug-likeness (QED) is 0.733. The van der Waals surface area contributed by atoms with Gasteiger partial charge in [0, 0.05) is 6.04 Å². The molecule has 2 rings (SSSR count). The van der Waals surface area contributed by atoms with Gasteiger partial charge in [-0.3, -0.25) is 0 Å².